The van der Waals surface area contributed by atoms with Crippen LogP contribution in [-0.2, 0) is 21.8 Å². The standard InChI is InChI=1S/C16H45O5Si6/c1-13-14-23-21-27(11,12)16(19-25(5,6)7,20-26(8,9)10)15(17-22)18-24(2,3)4/h14-15H,13,23H2,1-12,22H3. The summed E-state index contributed by atoms with van der Waals surface area (Å²) >= 11 is 0. The molecule has 0 aliphatic heterocycles. The lowest BCUT2D eigenvalue weighted by atomic mass is 10.6. The summed E-state index contributed by atoms with van der Waals surface area (Å²) in [7, 11) is -8.49. The Morgan fingerprint density at radius 2 is 1.30 bits per heavy atom. The van der Waals surface area contributed by atoms with Crippen molar-refractivity contribution in [2.45, 2.75) is 97.1 Å². The van der Waals surface area contributed by atoms with Crippen LogP contribution in [0, 0.1) is 6.04 Å². The molecule has 163 valence electrons. The van der Waals surface area contributed by atoms with E-state index in [9.17, 15) is 0 Å². The maximum Gasteiger partial charge on any atom is 0.244 e. The molecule has 0 saturated carbocycles. The van der Waals surface area contributed by atoms with Crippen molar-refractivity contribution in [2.24, 2.45) is 0 Å². The molecule has 0 rings (SSSR count). The van der Waals surface area contributed by atoms with Gasteiger partial charge in [-0.1, -0.05) is 13.3 Å². The molecule has 0 spiro atoms. The molecule has 27 heavy (non-hydrogen) atoms. The van der Waals surface area contributed by atoms with Crippen LogP contribution in [0.15, 0.2) is 0 Å². The second-order valence-electron chi connectivity index (χ2n) is 10.4. The summed E-state index contributed by atoms with van der Waals surface area (Å²) in [5.41, 5.74) is -0.932. The first-order valence-electron chi connectivity index (χ1n) is 9.96. The molecule has 0 aromatic carbocycles. The smallest absolute Gasteiger partial charge is 0.244 e. The Labute approximate surface area is 178 Å². The number of hydrogen-bond acceptors (Lipinski definition) is 5. The van der Waals surface area contributed by atoms with E-state index in [2.05, 4.69) is 85.0 Å². The number of hydrogen-bond donors (Lipinski definition) is 0. The fourth-order valence-corrected chi connectivity index (χ4v) is 14.4. The lowest BCUT2D eigenvalue weighted by Gasteiger charge is -2.54. The summed E-state index contributed by atoms with van der Waals surface area (Å²) < 4.78 is 33.0. The Morgan fingerprint density at radius 1 is 0.852 bits per heavy atom. The second kappa shape index (κ2) is 10.4. The molecule has 1 radical (unpaired) electrons. The van der Waals surface area contributed by atoms with E-state index >= 15 is 0 Å². The fourth-order valence-electron chi connectivity index (χ4n) is 2.64. The van der Waals surface area contributed by atoms with Gasteiger partial charge in [0, 0.05) is 0 Å². The molecule has 0 fully saturated rings. The third-order valence-electron chi connectivity index (χ3n) is 3.59. The average molecular weight is 486 g/mol. The molecule has 0 N–H and O–H groups in total. The Kier molecular flexibility index (Phi) is 10.8. The predicted octanol–water partition coefficient (Wildman–Crippen LogP) is 3.28. The van der Waals surface area contributed by atoms with Crippen LogP contribution >= 0.6 is 0 Å². The molecule has 0 bridgehead atoms. The van der Waals surface area contributed by atoms with Crippen molar-refractivity contribution in [1.82, 2.24) is 0 Å². The van der Waals surface area contributed by atoms with Crippen LogP contribution < -0.4 is 0 Å². The van der Waals surface area contributed by atoms with Crippen molar-refractivity contribution in [3.63, 3.8) is 0 Å². The van der Waals surface area contributed by atoms with Gasteiger partial charge in [0.15, 0.2) is 31.2 Å². The quantitative estimate of drug-likeness (QED) is 0.227. The van der Waals surface area contributed by atoms with Gasteiger partial charge in [-0.2, -0.15) is 0 Å². The molecule has 0 aromatic rings. The fraction of sp³-hybridized carbons (Fsp3) is 0.938. The van der Waals surface area contributed by atoms with Gasteiger partial charge >= 0.3 is 0 Å². The van der Waals surface area contributed by atoms with Crippen LogP contribution in [0.25, 0.3) is 0 Å². The maximum atomic E-state index is 6.89. The minimum absolute atomic E-state index is 0.522. The van der Waals surface area contributed by atoms with Gasteiger partial charge in [-0.25, -0.2) is 0 Å². The van der Waals surface area contributed by atoms with Crippen molar-refractivity contribution in [3.8, 4) is 0 Å². The van der Waals surface area contributed by atoms with Crippen LogP contribution in [0.3, 0.4) is 0 Å². The van der Waals surface area contributed by atoms with Crippen molar-refractivity contribution in [3.05, 3.63) is 6.04 Å². The van der Waals surface area contributed by atoms with Gasteiger partial charge in [0.05, 0.1) is 0 Å². The zero-order valence-corrected chi connectivity index (χ0v) is 27.5. The average Bonchev–Trinajstić information content (AvgIpc) is 2.39. The molecule has 0 aliphatic rings. The van der Waals surface area contributed by atoms with Gasteiger partial charge in [0.25, 0.3) is 0 Å². The topological polar surface area (TPSA) is 46.2 Å². The van der Waals surface area contributed by atoms with Gasteiger partial charge in [0.1, 0.15) is 20.2 Å². The Hall–Kier alpha value is 1.10. The van der Waals surface area contributed by atoms with Crippen LogP contribution in [-0.4, -0.2) is 65.2 Å². The summed E-state index contributed by atoms with van der Waals surface area (Å²) in [4.78, 5) is 0. The van der Waals surface area contributed by atoms with Gasteiger partial charge in [-0.05, 0) is 78.1 Å². The highest BCUT2D eigenvalue weighted by atomic mass is 28.4. The molecular weight excluding hydrogens is 441 g/mol. The Bertz CT molecular complexity index is 426. The lowest BCUT2D eigenvalue weighted by Crippen LogP contribution is -2.73. The molecule has 0 amide bonds. The van der Waals surface area contributed by atoms with Gasteiger partial charge in [-0.3, -0.25) is 0 Å². The SMILES string of the molecule is CC[CH][SiH2]O[Si](C)(C)C(O[Si](C)(C)C)(O[Si](C)(C)C)C(O[SiH3])O[Si](C)(C)C. The van der Waals surface area contributed by atoms with Gasteiger partial charge < -0.3 is 21.8 Å². The highest BCUT2D eigenvalue weighted by Gasteiger charge is 2.61. The first-order chi connectivity index (χ1) is 11.9. The zero-order valence-electron chi connectivity index (χ0n) is 20.1. The van der Waals surface area contributed by atoms with E-state index in [0.29, 0.717) is 10.5 Å². The minimum Gasteiger partial charge on any atom is -0.457 e. The van der Waals surface area contributed by atoms with Crippen molar-refractivity contribution in [2.75, 3.05) is 0 Å². The van der Waals surface area contributed by atoms with Crippen LogP contribution in [0.4, 0.5) is 0 Å². The van der Waals surface area contributed by atoms with Crippen LogP contribution in [0.5, 0.6) is 0 Å². The largest absolute Gasteiger partial charge is 0.457 e. The van der Waals surface area contributed by atoms with E-state index in [0.717, 1.165) is 6.42 Å². The third kappa shape index (κ3) is 10.1. The number of rotatable bonds is 13. The lowest BCUT2D eigenvalue weighted by molar-refractivity contribution is -0.208. The summed E-state index contributed by atoms with van der Waals surface area (Å²) in [5.74, 6) is 0. The Balaban J connectivity index is 6.37. The van der Waals surface area contributed by atoms with E-state index in [1.165, 1.54) is 0 Å². The highest BCUT2D eigenvalue weighted by Crippen LogP contribution is 2.39. The van der Waals surface area contributed by atoms with E-state index in [4.69, 9.17) is 21.8 Å². The van der Waals surface area contributed by atoms with E-state index in [1.807, 2.05) is 0 Å². The molecule has 0 saturated heterocycles. The van der Waals surface area contributed by atoms with Crippen LogP contribution in [0.1, 0.15) is 13.3 Å². The van der Waals surface area contributed by atoms with E-state index < -0.39 is 54.7 Å². The molecule has 0 aliphatic carbocycles. The van der Waals surface area contributed by atoms with Crippen molar-refractivity contribution >= 4 is 53.5 Å². The first-order valence-corrected chi connectivity index (χ1v) is 25.3. The maximum absolute atomic E-state index is 6.89. The molecule has 5 nitrogen and oxygen atoms in total. The highest BCUT2D eigenvalue weighted by molar-refractivity contribution is 6.81. The second-order valence-corrected chi connectivity index (χ2v) is 30.0. The summed E-state index contributed by atoms with van der Waals surface area (Å²) in [6, 6.07) is 2.29. The normalized spacial score (nSPS) is 16.4. The van der Waals surface area contributed by atoms with E-state index in [-0.39, 0.29) is 0 Å². The predicted molar refractivity (Wildman–Crippen MR) is 133 cm³/mol. The van der Waals surface area contributed by atoms with Crippen molar-refractivity contribution in [1.29, 1.82) is 0 Å². The summed E-state index contributed by atoms with van der Waals surface area (Å²) in [6.45, 7) is 26.4. The summed E-state index contributed by atoms with van der Waals surface area (Å²) in [5, 5.41) is 0. The third-order valence-corrected chi connectivity index (χ3v) is 13.7. The van der Waals surface area contributed by atoms with Gasteiger partial charge in [0.2, 0.25) is 13.7 Å². The zero-order chi connectivity index (χ0) is 21.7. The molecular formula is C16H45O5Si6. The molecule has 0 aromatic heterocycles. The summed E-state index contributed by atoms with van der Waals surface area (Å²) in [6.07, 6.45) is 0.519. The van der Waals surface area contributed by atoms with Crippen molar-refractivity contribution < 1.29 is 21.8 Å². The molecule has 0 heterocycles. The van der Waals surface area contributed by atoms with Crippen LogP contribution in [0.2, 0.25) is 72.0 Å². The van der Waals surface area contributed by atoms with E-state index in [1.54, 1.807) is 0 Å². The first kappa shape index (κ1) is 28.1. The minimum atomic E-state index is -2.47. The monoisotopic (exact) mass is 485 g/mol. The molecule has 11 heteroatoms. The Morgan fingerprint density at radius 3 is 1.59 bits per heavy atom. The molecule has 1 atom stereocenters. The van der Waals surface area contributed by atoms with Gasteiger partial charge in [-0.15, -0.1) is 0 Å². The molecule has 1 unspecified atom stereocenters.